The Hall–Kier alpha value is -1.62. The molecule has 2 aromatic rings. The summed E-state index contributed by atoms with van der Waals surface area (Å²) < 4.78 is 7.04. The molecule has 0 fully saturated rings. The zero-order chi connectivity index (χ0) is 12.3. The summed E-state index contributed by atoms with van der Waals surface area (Å²) in [6.07, 6.45) is 3.20. The second-order valence-electron chi connectivity index (χ2n) is 4.09. The molecule has 0 spiro atoms. The van der Waals surface area contributed by atoms with E-state index in [2.05, 4.69) is 17.1 Å². The topological polar surface area (TPSA) is 64.1 Å². The first-order valence-corrected chi connectivity index (χ1v) is 5.85. The highest BCUT2D eigenvalue weighted by molar-refractivity contribution is 5.10. The number of hydrogen-bond acceptors (Lipinski definition) is 4. The van der Waals surface area contributed by atoms with E-state index in [0.717, 1.165) is 18.5 Å². The van der Waals surface area contributed by atoms with Gasteiger partial charge in [0.1, 0.15) is 0 Å². The molecule has 2 heterocycles. The summed E-state index contributed by atoms with van der Waals surface area (Å²) in [5.74, 6) is 1.32. The zero-order valence-electron chi connectivity index (χ0n) is 10.1. The fourth-order valence-electron chi connectivity index (χ4n) is 1.77. The van der Waals surface area contributed by atoms with Gasteiger partial charge in [-0.2, -0.15) is 4.98 Å². The van der Waals surface area contributed by atoms with E-state index in [4.69, 9.17) is 4.52 Å². The summed E-state index contributed by atoms with van der Waals surface area (Å²) in [4.78, 5) is 4.30. The van der Waals surface area contributed by atoms with E-state index in [1.165, 1.54) is 0 Å². The summed E-state index contributed by atoms with van der Waals surface area (Å²) in [6.45, 7) is 4.34. The third kappa shape index (κ3) is 2.74. The van der Waals surface area contributed by atoms with Crippen LogP contribution in [0.25, 0.3) is 0 Å². The first-order chi connectivity index (χ1) is 8.20. The largest absolute Gasteiger partial charge is 0.387 e. The van der Waals surface area contributed by atoms with Gasteiger partial charge in [-0.25, -0.2) is 0 Å². The molecule has 1 N–H and O–H groups in total. The third-order valence-corrected chi connectivity index (χ3v) is 2.58. The molecule has 2 aromatic heterocycles. The zero-order valence-corrected chi connectivity index (χ0v) is 10.1. The lowest BCUT2D eigenvalue weighted by Crippen LogP contribution is -2.06. The molecular weight excluding hydrogens is 218 g/mol. The van der Waals surface area contributed by atoms with E-state index in [-0.39, 0.29) is 0 Å². The third-order valence-electron chi connectivity index (χ3n) is 2.58. The predicted octanol–water partition coefficient (Wildman–Crippen LogP) is 1.93. The fourth-order valence-corrected chi connectivity index (χ4v) is 1.77. The van der Waals surface area contributed by atoms with Crippen LogP contribution in [0.4, 0.5) is 0 Å². The smallest absolute Gasteiger partial charge is 0.226 e. The lowest BCUT2D eigenvalue weighted by atomic mass is 10.3. The Morgan fingerprint density at radius 2 is 2.35 bits per heavy atom. The van der Waals surface area contributed by atoms with Crippen LogP contribution in [0.3, 0.4) is 0 Å². The number of nitrogens with zero attached hydrogens (tertiary/aromatic N) is 3. The molecule has 0 aliphatic heterocycles. The highest BCUT2D eigenvalue weighted by Crippen LogP contribution is 2.14. The molecule has 0 amide bonds. The molecule has 0 saturated heterocycles. The Kier molecular flexibility index (Phi) is 3.58. The van der Waals surface area contributed by atoms with Gasteiger partial charge in [0.25, 0.3) is 0 Å². The molecule has 0 aliphatic carbocycles. The van der Waals surface area contributed by atoms with Crippen molar-refractivity contribution in [2.45, 2.75) is 39.3 Å². The summed E-state index contributed by atoms with van der Waals surface area (Å²) in [6, 6.07) is 3.78. The van der Waals surface area contributed by atoms with Gasteiger partial charge in [0.05, 0.1) is 12.6 Å². The molecule has 5 heteroatoms. The average Bonchev–Trinajstić information content (AvgIpc) is 2.89. The summed E-state index contributed by atoms with van der Waals surface area (Å²) in [5, 5.41) is 13.5. The molecule has 0 aromatic carbocycles. The van der Waals surface area contributed by atoms with Crippen LogP contribution in [0.5, 0.6) is 0 Å². The number of aryl methyl sites for hydroxylation is 1. The quantitative estimate of drug-likeness (QED) is 0.860. The molecule has 0 saturated carbocycles. The number of hydrogen-bond donors (Lipinski definition) is 1. The first-order valence-electron chi connectivity index (χ1n) is 5.85. The van der Waals surface area contributed by atoms with Crippen molar-refractivity contribution in [3.05, 3.63) is 35.7 Å². The van der Waals surface area contributed by atoms with Crippen LogP contribution in [-0.2, 0) is 13.0 Å². The molecule has 1 unspecified atom stereocenters. The highest BCUT2D eigenvalue weighted by Gasteiger charge is 2.10. The lowest BCUT2D eigenvalue weighted by Gasteiger charge is -2.08. The predicted molar refractivity (Wildman–Crippen MR) is 62.5 cm³/mol. The van der Waals surface area contributed by atoms with Crippen molar-refractivity contribution in [1.29, 1.82) is 0 Å². The number of aliphatic hydroxyl groups is 1. The van der Waals surface area contributed by atoms with Gasteiger partial charge in [0, 0.05) is 18.3 Å². The minimum Gasteiger partial charge on any atom is -0.387 e. The maximum absolute atomic E-state index is 9.58. The van der Waals surface area contributed by atoms with Crippen LogP contribution in [0.15, 0.2) is 22.9 Å². The lowest BCUT2D eigenvalue weighted by molar-refractivity contribution is 0.189. The van der Waals surface area contributed by atoms with E-state index >= 15 is 0 Å². The molecule has 2 rings (SSSR count). The van der Waals surface area contributed by atoms with Crippen LogP contribution in [0, 0.1) is 0 Å². The van der Waals surface area contributed by atoms with Crippen molar-refractivity contribution >= 4 is 0 Å². The van der Waals surface area contributed by atoms with Gasteiger partial charge in [0.2, 0.25) is 5.89 Å². The summed E-state index contributed by atoms with van der Waals surface area (Å²) in [7, 11) is 0. The standard InChI is InChI=1S/C12H17N3O2/c1-3-5-12-13-11(14-17-12)8-15-7-4-6-10(15)9(2)16/h4,6-7,9,16H,3,5,8H2,1-2H3. The van der Waals surface area contributed by atoms with Crippen LogP contribution in [0.1, 0.15) is 43.8 Å². The second-order valence-corrected chi connectivity index (χ2v) is 4.09. The van der Waals surface area contributed by atoms with Crippen molar-refractivity contribution in [3.8, 4) is 0 Å². The summed E-state index contributed by atoms with van der Waals surface area (Å²) >= 11 is 0. The Labute approximate surface area is 100 Å². The van der Waals surface area contributed by atoms with Gasteiger partial charge in [-0.15, -0.1) is 0 Å². The Morgan fingerprint density at radius 3 is 3.06 bits per heavy atom. The molecular formula is C12H17N3O2. The van der Waals surface area contributed by atoms with Crippen molar-refractivity contribution < 1.29 is 9.63 Å². The van der Waals surface area contributed by atoms with Gasteiger partial charge < -0.3 is 14.2 Å². The van der Waals surface area contributed by atoms with Crippen molar-refractivity contribution in [1.82, 2.24) is 14.7 Å². The minimum atomic E-state index is -0.494. The van der Waals surface area contributed by atoms with Gasteiger partial charge >= 0.3 is 0 Å². The van der Waals surface area contributed by atoms with Crippen molar-refractivity contribution in [2.75, 3.05) is 0 Å². The van der Waals surface area contributed by atoms with Gasteiger partial charge in [-0.1, -0.05) is 12.1 Å². The van der Waals surface area contributed by atoms with Gasteiger partial charge in [0.15, 0.2) is 5.82 Å². The Morgan fingerprint density at radius 1 is 1.53 bits per heavy atom. The van der Waals surface area contributed by atoms with E-state index in [1.807, 2.05) is 22.9 Å². The normalized spacial score (nSPS) is 12.9. The first kappa shape index (κ1) is 11.9. The van der Waals surface area contributed by atoms with Crippen LogP contribution < -0.4 is 0 Å². The molecule has 92 valence electrons. The molecule has 0 aliphatic rings. The second kappa shape index (κ2) is 5.14. The van der Waals surface area contributed by atoms with Gasteiger partial charge in [-0.05, 0) is 25.5 Å². The SMILES string of the molecule is CCCc1nc(Cn2cccc2C(C)O)no1. The van der Waals surface area contributed by atoms with E-state index in [0.29, 0.717) is 18.3 Å². The summed E-state index contributed by atoms with van der Waals surface area (Å²) in [5.41, 5.74) is 0.854. The van der Waals surface area contributed by atoms with E-state index in [1.54, 1.807) is 6.92 Å². The fraction of sp³-hybridized carbons (Fsp3) is 0.500. The van der Waals surface area contributed by atoms with Gasteiger partial charge in [-0.3, -0.25) is 0 Å². The van der Waals surface area contributed by atoms with E-state index in [9.17, 15) is 5.11 Å². The number of aromatic nitrogens is 3. The molecule has 17 heavy (non-hydrogen) atoms. The highest BCUT2D eigenvalue weighted by atomic mass is 16.5. The monoisotopic (exact) mass is 235 g/mol. The van der Waals surface area contributed by atoms with Crippen LogP contribution >= 0.6 is 0 Å². The molecule has 1 atom stereocenters. The molecule has 0 bridgehead atoms. The van der Waals surface area contributed by atoms with Crippen LogP contribution in [0.2, 0.25) is 0 Å². The van der Waals surface area contributed by atoms with Crippen molar-refractivity contribution in [2.24, 2.45) is 0 Å². The Bertz CT molecular complexity index is 474. The van der Waals surface area contributed by atoms with Crippen molar-refractivity contribution in [3.63, 3.8) is 0 Å². The maximum Gasteiger partial charge on any atom is 0.226 e. The molecule has 5 nitrogen and oxygen atoms in total. The average molecular weight is 235 g/mol. The maximum atomic E-state index is 9.58. The molecule has 0 radical (unpaired) electrons. The number of rotatable bonds is 5. The Balaban J connectivity index is 2.11. The van der Waals surface area contributed by atoms with E-state index < -0.39 is 6.10 Å². The van der Waals surface area contributed by atoms with Crippen LogP contribution in [-0.4, -0.2) is 19.8 Å². The number of aliphatic hydroxyl groups excluding tert-OH is 1. The minimum absolute atomic E-state index is 0.494.